The molecule has 1 aliphatic heterocycles. The van der Waals surface area contributed by atoms with E-state index in [0.717, 1.165) is 10.4 Å². The first-order valence-corrected chi connectivity index (χ1v) is 11.2. The molecule has 0 spiro atoms. The number of aliphatic hydroxyl groups excluding tert-OH is 1. The summed E-state index contributed by atoms with van der Waals surface area (Å²) in [6.45, 7) is 6.63. The number of nitrogens with zero attached hydrogens (tertiary/aromatic N) is 2. The number of β-amino-alcohol motifs (C(OH)–C–C–N with tert-alkyl or cyclic N) is 1. The fraction of sp³-hybridized carbons (Fsp3) is 0.474. The number of aryl methyl sites for hydroxylation is 2. The lowest BCUT2D eigenvalue weighted by Crippen LogP contribution is -2.49. The van der Waals surface area contributed by atoms with Crippen LogP contribution in [0.2, 0.25) is 0 Å². The van der Waals surface area contributed by atoms with Crippen molar-refractivity contribution in [3.8, 4) is 5.75 Å². The van der Waals surface area contributed by atoms with E-state index in [1.165, 1.54) is 9.18 Å². The van der Waals surface area contributed by atoms with E-state index >= 15 is 0 Å². The van der Waals surface area contributed by atoms with E-state index in [1.54, 1.807) is 42.7 Å². The molecule has 1 atom stereocenters. The van der Waals surface area contributed by atoms with Crippen LogP contribution in [-0.2, 0) is 10.0 Å². The molecule has 27 heavy (non-hydrogen) atoms. The van der Waals surface area contributed by atoms with E-state index in [0.29, 0.717) is 38.5 Å². The Balaban J connectivity index is 1.60. The molecule has 0 unspecified atom stereocenters. The van der Waals surface area contributed by atoms with Crippen LogP contribution in [0.15, 0.2) is 35.2 Å². The molecule has 0 saturated carbocycles. The minimum atomic E-state index is -3.50. The first-order chi connectivity index (χ1) is 12.8. The average molecular weight is 411 g/mol. The van der Waals surface area contributed by atoms with Gasteiger partial charge in [-0.15, -0.1) is 11.3 Å². The molecule has 1 saturated heterocycles. The van der Waals surface area contributed by atoms with Crippen LogP contribution in [0.4, 0.5) is 0 Å². The molecule has 1 aliphatic rings. The highest BCUT2D eigenvalue weighted by molar-refractivity contribution is 7.89. The van der Waals surface area contributed by atoms with Crippen molar-refractivity contribution in [2.75, 3.05) is 39.8 Å². The number of methoxy groups -OCH3 is 1. The number of hydrogen-bond acceptors (Lipinski definition) is 6. The third kappa shape index (κ3) is 4.52. The Labute approximate surface area is 165 Å². The first kappa shape index (κ1) is 20.3. The second-order valence-electron chi connectivity index (χ2n) is 6.76. The van der Waals surface area contributed by atoms with Crippen LogP contribution in [0, 0.1) is 13.8 Å². The van der Waals surface area contributed by atoms with Gasteiger partial charge in [-0.3, -0.25) is 4.90 Å². The van der Waals surface area contributed by atoms with Gasteiger partial charge in [0.2, 0.25) is 10.0 Å². The minimum absolute atomic E-state index is 0.279. The van der Waals surface area contributed by atoms with Gasteiger partial charge in [0.15, 0.2) is 0 Å². The van der Waals surface area contributed by atoms with Gasteiger partial charge in [-0.2, -0.15) is 4.31 Å². The lowest BCUT2D eigenvalue weighted by Gasteiger charge is -2.35. The summed E-state index contributed by atoms with van der Waals surface area (Å²) in [6, 6.07) is 8.50. The van der Waals surface area contributed by atoms with Crippen LogP contribution >= 0.6 is 11.3 Å². The van der Waals surface area contributed by atoms with Gasteiger partial charge in [-0.25, -0.2) is 8.42 Å². The summed E-state index contributed by atoms with van der Waals surface area (Å²) in [4.78, 5) is 4.73. The number of sulfonamides is 1. The second kappa shape index (κ2) is 8.28. The molecular weight excluding hydrogens is 384 g/mol. The zero-order valence-corrected chi connectivity index (χ0v) is 17.5. The van der Waals surface area contributed by atoms with Gasteiger partial charge in [0.25, 0.3) is 0 Å². The van der Waals surface area contributed by atoms with Gasteiger partial charge in [0, 0.05) is 42.5 Å². The van der Waals surface area contributed by atoms with E-state index in [2.05, 4.69) is 4.90 Å². The van der Waals surface area contributed by atoms with Crippen LogP contribution < -0.4 is 4.74 Å². The van der Waals surface area contributed by atoms with E-state index in [9.17, 15) is 13.5 Å². The Morgan fingerprint density at radius 3 is 2.30 bits per heavy atom. The average Bonchev–Trinajstić information content (AvgIpc) is 3.00. The van der Waals surface area contributed by atoms with Crippen LogP contribution in [0.3, 0.4) is 0 Å². The maximum Gasteiger partial charge on any atom is 0.243 e. The number of piperazine rings is 1. The zero-order chi connectivity index (χ0) is 19.6. The minimum Gasteiger partial charge on any atom is -0.497 e. The fourth-order valence-electron chi connectivity index (χ4n) is 3.37. The lowest BCUT2D eigenvalue weighted by molar-refractivity contribution is 0.0920. The molecule has 1 N–H and O–H groups in total. The molecule has 6 nitrogen and oxygen atoms in total. The van der Waals surface area contributed by atoms with Crippen molar-refractivity contribution in [3.05, 3.63) is 45.6 Å². The second-order valence-corrected chi connectivity index (χ2v) is 10.2. The van der Waals surface area contributed by atoms with Gasteiger partial charge < -0.3 is 9.84 Å². The normalized spacial score (nSPS) is 17.8. The van der Waals surface area contributed by atoms with E-state index in [4.69, 9.17) is 4.74 Å². The highest BCUT2D eigenvalue weighted by Gasteiger charge is 2.29. The van der Waals surface area contributed by atoms with Gasteiger partial charge in [-0.05, 0) is 49.7 Å². The molecule has 2 aromatic rings. The number of hydrogen-bond donors (Lipinski definition) is 1. The molecule has 0 bridgehead atoms. The van der Waals surface area contributed by atoms with Crippen LogP contribution in [-0.4, -0.2) is 62.6 Å². The highest BCUT2D eigenvalue weighted by Crippen LogP contribution is 2.27. The summed E-state index contributed by atoms with van der Waals surface area (Å²) >= 11 is 1.69. The summed E-state index contributed by atoms with van der Waals surface area (Å²) in [6.07, 6.45) is -0.542. The van der Waals surface area contributed by atoms with Crippen molar-refractivity contribution >= 4 is 21.4 Å². The van der Waals surface area contributed by atoms with Crippen molar-refractivity contribution in [3.63, 3.8) is 0 Å². The number of thiophene rings is 1. The summed E-state index contributed by atoms with van der Waals surface area (Å²) in [5, 5.41) is 10.5. The maximum absolute atomic E-state index is 12.8. The standard InChI is InChI=1S/C19H26N2O4S2/c1-14-12-18(15(2)26-14)19(22)13-20-8-10-21(11-9-20)27(23,24)17-6-4-16(25-3)5-7-17/h4-7,12,19,22H,8-11,13H2,1-3H3/t19-/m1/s1. The Morgan fingerprint density at radius 1 is 1.15 bits per heavy atom. The van der Waals surface area contributed by atoms with Crippen molar-refractivity contribution in [1.29, 1.82) is 0 Å². The predicted molar refractivity (Wildman–Crippen MR) is 107 cm³/mol. The largest absolute Gasteiger partial charge is 0.497 e. The third-order valence-electron chi connectivity index (χ3n) is 4.90. The molecule has 1 aromatic carbocycles. The molecule has 1 aromatic heterocycles. The predicted octanol–water partition coefficient (Wildman–Crippen LogP) is 2.41. The summed E-state index contributed by atoms with van der Waals surface area (Å²) < 4.78 is 32.2. The van der Waals surface area contributed by atoms with Gasteiger partial charge in [0.05, 0.1) is 18.1 Å². The highest BCUT2D eigenvalue weighted by atomic mass is 32.2. The topological polar surface area (TPSA) is 70.1 Å². The maximum atomic E-state index is 12.8. The monoisotopic (exact) mass is 410 g/mol. The number of benzene rings is 1. The molecule has 148 valence electrons. The van der Waals surface area contributed by atoms with Gasteiger partial charge in [0.1, 0.15) is 5.75 Å². The van der Waals surface area contributed by atoms with Crippen molar-refractivity contribution in [2.24, 2.45) is 0 Å². The van der Waals surface area contributed by atoms with Crippen LogP contribution in [0.5, 0.6) is 5.75 Å². The summed E-state index contributed by atoms with van der Waals surface area (Å²) in [5.74, 6) is 0.631. The smallest absolute Gasteiger partial charge is 0.243 e. The zero-order valence-electron chi connectivity index (χ0n) is 15.9. The van der Waals surface area contributed by atoms with Crippen LogP contribution in [0.1, 0.15) is 21.4 Å². The fourth-order valence-corrected chi connectivity index (χ4v) is 5.78. The van der Waals surface area contributed by atoms with Crippen molar-refractivity contribution in [2.45, 2.75) is 24.8 Å². The number of rotatable bonds is 6. The molecule has 8 heteroatoms. The Hall–Kier alpha value is -1.45. The molecule has 2 heterocycles. The first-order valence-electron chi connectivity index (χ1n) is 8.93. The third-order valence-corrected chi connectivity index (χ3v) is 7.79. The summed E-state index contributed by atoms with van der Waals surface area (Å²) in [5.41, 5.74) is 0.978. The van der Waals surface area contributed by atoms with Gasteiger partial charge >= 0.3 is 0 Å². The number of aliphatic hydroxyl groups is 1. The number of ether oxygens (including phenoxy) is 1. The van der Waals surface area contributed by atoms with Crippen LogP contribution in [0.25, 0.3) is 0 Å². The van der Waals surface area contributed by atoms with E-state index in [-0.39, 0.29) is 4.90 Å². The molecule has 0 amide bonds. The molecular formula is C19H26N2O4S2. The molecule has 1 fully saturated rings. The quantitative estimate of drug-likeness (QED) is 0.792. The Morgan fingerprint density at radius 2 is 1.78 bits per heavy atom. The molecule has 3 rings (SSSR count). The van der Waals surface area contributed by atoms with Crippen molar-refractivity contribution < 1.29 is 18.3 Å². The van der Waals surface area contributed by atoms with Gasteiger partial charge in [-0.1, -0.05) is 0 Å². The Bertz CT molecular complexity index is 870. The summed E-state index contributed by atoms with van der Waals surface area (Å²) in [7, 11) is -1.95. The van der Waals surface area contributed by atoms with E-state index in [1.807, 2.05) is 19.9 Å². The van der Waals surface area contributed by atoms with E-state index < -0.39 is 16.1 Å². The Kier molecular flexibility index (Phi) is 6.22. The van der Waals surface area contributed by atoms with Crippen molar-refractivity contribution in [1.82, 2.24) is 9.21 Å². The molecule has 0 aliphatic carbocycles. The molecule has 0 radical (unpaired) electrons. The lowest BCUT2D eigenvalue weighted by atomic mass is 10.1. The SMILES string of the molecule is COc1ccc(S(=O)(=O)N2CCN(C[C@@H](O)c3cc(C)sc3C)CC2)cc1.